The highest BCUT2D eigenvalue weighted by molar-refractivity contribution is 7.80. The maximum atomic E-state index is 15.1. The molecule has 0 spiro atoms. The quantitative estimate of drug-likeness (QED) is 0.524. The number of aliphatic hydroxyl groups excluding tert-OH is 1. The summed E-state index contributed by atoms with van der Waals surface area (Å²) in [6.07, 6.45) is -1.02. The van der Waals surface area contributed by atoms with E-state index in [1.54, 1.807) is 17.0 Å². The van der Waals surface area contributed by atoms with E-state index in [1.165, 1.54) is 11.0 Å². The molecule has 2 fully saturated rings. The van der Waals surface area contributed by atoms with Crippen molar-refractivity contribution in [1.82, 2.24) is 10.2 Å². The highest BCUT2D eigenvalue weighted by atomic mass is 32.1. The van der Waals surface area contributed by atoms with Crippen molar-refractivity contribution in [3.05, 3.63) is 59.9 Å². The van der Waals surface area contributed by atoms with Gasteiger partial charge in [0.1, 0.15) is 18.0 Å². The van der Waals surface area contributed by atoms with Crippen LogP contribution in [0.4, 0.5) is 20.6 Å². The lowest BCUT2D eigenvalue weighted by Crippen LogP contribution is -2.52. The van der Waals surface area contributed by atoms with E-state index in [9.17, 15) is 14.7 Å². The fourth-order valence-corrected chi connectivity index (χ4v) is 4.50. The lowest BCUT2D eigenvalue weighted by molar-refractivity contribution is -0.140. The molecular formula is C26H31FN4O4S. The van der Waals surface area contributed by atoms with Gasteiger partial charge in [-0.3, -0.25) is 9.69 Å². The Labute approximate surface area is 215 Å². The summed E-state index contributed by atoms with van der Waals surface area (Å²) in [6, 6.07) is 14.1. The van der Waals surface area contributed by atoms with Crippen LogP contribution in [0.2, 0.25) is 0 Å². The van der Waals surface area contributed by atoms with Gasteiger partial charge in [-0.25, -0.2) is 9.18 Å². The number of thiocarbonyl (C=S) groups is 1. The van der Waals surface area contributed by atoms with Gasteiger partial charge in [0.25, 0.3) is 5.91 Å². The third-order valence-electron chi connectivity index (χ3n) is 6.45. The SMILES string of the molecule is CCC(=S)NC[C@H]1CN(c2ccc(N3CCN(C(=O)[C@@H](O)Cc4ccccc4)CC3)c(F)c2)C(=O)O1. The Kier molecular flexibility index (Phi) is 8.37. The molecule has 8 nitrogen and oxygen atoms in total. The molecule has 2 aromatic carbocycles. The second kappa shape index (κ2) is 11.7. The van der Waals surface area contributed by atoms with E-state index in [1.807, 2.05) is 42.2 Å². The van der Waals surface area contributed by atoms with Crippen LogP contribution >= 0.6 is 12.2 Å². The van der Waals surface area contributed by atoms with E-state index in [-0.39, 0.29) is 18.4 Å². The number of cyclic esters (lactones) is 1. The van der Waals surface area contributed by atoms with Crippen LogP contribution in [0, 0.1) is 5.82 Å². The average molecular weight is 515 g/mol. The number of carbonyl (C=O) groups excluding carboxylic acids is 2. The summed E-state index contributed by atoms with van der Waals surface area (Å²) in [4.78, 5) is 30.6. The van der Waals surface area contributed by atoms with Gasteiger partial charge in [-0.2, -0.15) is 0 Å². The van der Waals surface area contributed by atoms with Crippen molar-refractivity contribution in [2.45, 2.75) is 32.0 Å². The van der Waals surface area contributed by atoms with Gasteiger partial charge >= 0.3 is 6.09 Å². The van der Waals surface area contributed by atoms with E-state index in [4.69, 9.17) is 17.0 Å². The molecule has 2 N–H and O–H groups in total. The van der Waals surface area contributed by atoms with Crippen LogP contribution in [0.15, 0.2) is 48.5 Å². The number of anilines is 2. The van der Waals surface area contributed by atoms with Gasteiger partial charge in [-0.05, 0) is 30.2 Å². The standard InChI is InChI=1S/C26H31FN4O4S/c1-2-24(36)28-16-20-17-31(26(34)35-20)19-8-9-22(21(27)15-19)29-10-12-30(13-11-29)25(33)23(32)14-18-6-4-3-5-7-18/h3-9,15,20,23,32H,2,10-14,16-17H2,1H3,(H,28,36)/t20-,23-/m0/s1. The Morgan fingerprint density at radius 2 is 1.92 bits per heavy atom. The number of benzene rings is 2. The van der Waals surface area contributed by atoms with Crippen LogP contribution in [0.5, 0.6) is 0 Å². The molecule has 0 saturated carbocycles. The van der Waals surface area contributed by atoms with Gasteiger partial charge in [-0.15, -0.1) is 0 Å². The van der Waals surface area contributed by atoms with Gasteiger partial charge in [0, 0.05) is 32.6 Å². The average Bonchev–Trinajstić information content (AvgIpc) is 3.27. The van der Waals surface area contributed by atoms with Crippen molar-refractivity contribution in [3.8, 4) is 0 Å². The Morgan fingerprint density at radius 3 is 2.58 bits per heavy atom. The largest absolute Gasteiger partial charge is 0.442 e. The van der Waals surface area contributed by atoms with Crippen LogP contribution in [0.25, 0.3) is 0 Å². The van der Waals surface area contributed by atoms with Gasteiger partial charge in [0.15, 0.2) is 0 Å². The number of amides is 2. The molecule has 2 atom stereocenters. The van der Waals surface area contributed by atoms with Crippen molar-refractivity contribution in [3.63, 3.8) is 0 Å². The summed E-state index contributed by atoms with van der Waals surface area (Å²) in [5.41, 5.74) is 1.74. The molecule has 0 aromatic heterocycles. The Hall–Kier alpha value is -3.24. The number of carbonyl (C=O) groups is 2. The molecule has 2 aliphatic rings. The topological polar surface area (TPSA) is 85.4 Å². The molecule has 0 bridgehead atoms. The summed E-state index contributed by atoms with van der Waals surface area (Å²) < 4.78 is 20.4. The molecule has 36 heavy (non-hydrogen) atoms. The van der Waals surface area contributed by atoms with Crippen molar-refractivity contribution in [1.29, 1.82) is 0 Å². The van der Waals surface area contributed by atoms with Crippen molar-refractivity contribution < 1.29 is 23.8 Å². The summed E-state index contributed by atoms with van der Waals surface area (Å²) in [7, 11) is 0. The summed E-state index contributed by atoms with van der Waals surface area (Å²) in [5.74, 6) is -0.761. The molecule has 192 valence electrons. The molecule has 0 radical (unpaired) electrons. The molecule has 2 amide bonds. The van der Waals surface area contributed by atoms with Crippen LogP contribution in [-0.2, 0) is 16.0 Å². The number of ether oxygens (including phenoxy) is 1. The molecule has 2 heterocycles. The Morgan fingerprint density at radius 1 is 1.19 bits per heavy atom. The Balaban J connectivity index is 1.31. The Bertz CT molecular complexity index is 1090. The first kappa shape index (κ1) is 25.8. The maximum Gasteiger partial charge on any atom is 0.414 e. The van der Waals surface area contributed by atoms with Gasteiger partial charge < -0.3 is 25.0 Å². The van der Waals surface area contributed by atoms with Crippen molar-refractivity contribution >= 4 is 40.6 Å². The second-order valence-electron chi connectivity index (χ2n) is 8.93. The number of hydrogen-bond acceptors (Lipinski definition) is 6. The summed E-state index contributed by atoms with van der Waals surface area (Å²) in [6.45, 7) is 4.33. The summed E-state index contributed by atoms with van der Waals surface area (Å²) >= 11 is 5.14. The predicted molar refractivity (Wildman–Crippen MR) is 140 cm³/mol. The minimum absolute atomic E-state index is 0.261. The van der Waals surface area contributed by atoms with Crippen LogP contribution in [0.1, 0.15) is 18.9 Å². The van der Waals surface area contributed by atoms with Crippen molar-refractivity contribution in [2.75, 3.05) is 49.1 Å². The zero-order valence-corrected chi connectivity index (χ0v) is 21.0. The third-order valence-corrected chi connectivity index (χ3v) is 6.89. The van der Waals surface area contributed by atoms with Crippen LogP contribution in [0.3, 0.4) is 0 Å². The number of halogens is 1. The van der Waals surface area contributed by atoms with Gasteiger partial charge in [-0.1, -0.05) is 49.5 Å². The minimum Gasteiger partial charge on any atom is -0.442 e. The highest BCUT2D eigenvalue weighted by Gasteiger charge is 2.33. The zero-order valence-electron chi connectivity index (χ0n) is 20.2. The van der Waals surface area contributed by atoms with E-state index in [0.29, 0.717) is 62.1 Å². The molecule has 4 rings (SSSR count). The van der Waals surface area contributed by atoms with Crippen molar-refractivity contribution in [2.24, 2.45) is 0 Å². The van der Waals surface area contributed by atoms with Gasteiger partial charge in [0.2, 0.25) is 0 Å². The molecule has 2 aromatic rings. The molecule has 2 saturated heterocycles. The first-order chi connectivity index (χ1) is 17.4. The highest BCUT2D eigenvalue weighted by Crippen LogP contribution is 2.28. The number of piperazine rings is 1. The first-order valence-electron chi connectivity index (χ1n) is 12.2. The van der Waals surface area contributed by atoms with E-state index in [0.717, 1.165) is 5.56 Å². The number of aliphatic hydroxyl groups is 1. The predicted octanol–water partition coefficient (Wildman–Crippen LogP) is 2.73. The number of hydrogen-bond donors (Lipinski definition) is 2. The van der Waals surface area contributed by atoms with Crippen LogP contribution in [-0.4, -0.2) is 78.5 Å². The first-order valence-corrected chi connectivity index (χ1v) is 12.6. The lowest BCUT2D eigenvalue weighted by Gasteiger charge is -2.37. The molecule has 2 aliphatic heterocycles. The maximum absolute atomic E-state index is 15.1. The second-order valence-corrected chi connectivity index (χ2v) is 9.42. The number of nitrogens with one attached hydrogen (secondary N) is 1. The smallest absolute Gasteiger partial charge is 0.414 e. The van der Waals surface area contributed by atoms with E-state index < -0.39 is 18.0 Å². The fourth-order valence-electron chi connectivity index (χ4n) is 4.41. The van der Waals surface area contributed by atoms with E-state index >= 15 is 4.39 Å². The fraction of sp³-hybridized carbons (Fsp3) is 0.423. The molecule has 10 heteroatoms. The van der Waals surface area contributed by atoms with Gasteiger partial charge in [0.05, 0.1) is 29.5 Å². The normalized spacial score (nSPS) is 18.7. The third kappa shape index (κ3) is 6.11. The molecular weight excluding hydrogens is 483 g/mol. The lowest BCUT2D eigenvalue weighted by atomic mass is 10.1. The van der Waals surface area contributed by atoms with E-state index in [2.05, 4.69) is 5.32 Å². The number of rotatable bonds is 8. The summed E-state index contributed by atoms with van der Waals surface area (Å²) in [5, 5.41) is 13.4. The molecule has 0 unspecified atom stereocenters. The number of nitrogens with zero attached hydrogens (tertiary/aromatic N) is 3. The monoisotopic (exact) mass is 514 g/mol. The molecule has 0 aliphatic carbocycles. The van der Waals surface area contributed by atoms with Crippen LogP contribution < -0.4 is 15.1 Å². The minimum atomic E-state index is -1.10. The zero-order chi connectivity index (χ0) is 25.7.